The van der Waals surface area contributed by atoms with Gasteiger partial charge in [0, 0.05) is 11.8 Å². The minimum absolute atomic E-state index is 1.01. The molecule has 2 nitrogen and oxygen atoms in total. The van der Waals surface area contributed by atoms with Crippen molar-refractivity contribution in [3.8, 4) is 0 Å². The molecule has 0 spiro atoms. The van der Waals surface area contributed by atoms with Crippen molar-refractivity contribution in [2.75, 3.05) is 0 Å². The van der Waals surface area contributed by atoms with Crippen molar-refractivity contribution < 1.29 is 0 Å². The summed E-state index contributed by atoms with van der Waals surface area (Å²) in [5, 5.41) is 6.70. The smallest absolute Gasteiger partial charge is 0.0565 e. The monoisotopic (exact) mass is 188 g/mol. The summed E-state index contributed by atoms with van der Waals surface area (Å²) in [7, 11) is 0. The Hall–Kier alpha value is -1.57. The van der Waals surface area contributed by atoms with Gasteiger partial charge in [0.15, 0.2) is 0 Å². The van der Waals surface area contributed by atoms with Gasteiger partial charge in [0.1, 0.15) is 0 Å². The van der Waals surface area contributed by atoms with Gasteiger partial charge in [-0.25, -0.2) is 0 Å². The van der Waals surface area contributed by atoms with Gasteiger partial charge >= 0.3 is 0 Å². The Kier molecular flexibility index (Phi) is 3.46. The highest BCUT2D eigenvalue weighted by Crippen LogP contribution is 2.23. The fourth-order valence-electron chi connectivity index (χ4n) is 1.31. The number of nitrogens with one attached hydrogen (secondary N) is 1. The van der Waals surface area contributed by atoms with Crippen LogP contribution in [0.2, 0.25) is 0 Å². The van der Waals surface area contributed by atoms with Crippen molar-refractivity contribution in [3.63, 3.8) is 0 Å². The number of aromatic amines is 1. The van der Waals surface area contributed by atoms with Crippen molar-refractivity contribution >= 4 is 5.57 Å². The molecule has 1 N–H and O–H groups in total. The first-order valence-corrected chi connectivity index (χ1v) is 4.65. The number of H-pyrrole nitrogens is 1. The van der Waals surface area contributed by atoms with Gasteiger partial charge in [-0.3, -0.25) is 5.10 Å². The van der Waals surface area contributed by atoms with Gasteiger partial charge in [-0.05, 0) is 31.9 Å². The van der Waals surface area contributed by atoms with E-state index in [0.717, 1.165) is 11.1 Å². The lowest BCUT2D eigenvalue weighted by atomic mass is 9.98. The van der Waals surface area contributed by atoms with Gasteiger partial charge in [0.05, 0.1) is 6.20 Å². The zero-order valence-electron chi connectivity index (χ0n) is 8.96. The molecule has 1 heterocycles. The molecule has 0 aliphatic heterocycles. The lowest BCUT2D eigenvalue weighted by molar-refractivity contribution is 1.09. The van der Waals surface area contributed by atoms with Crippen LogP contribution in [0.15, 0.2) is 42.3 Å². The molecule has 0 aliphatic rings. The maximum atomic E-state index is 4.07. The van der Waals surface area contributed by atoms with E-state index in [0.29, 0.717) is 0 Å². The Morgan fingerprint density at radius 2 is 2.21 bits per heavy atom. The van der Waals surface area contributed by atoms with Crippen molar-refractivity contribution in [3.05, 3.63) is 47.8 Å². The zero-order chi connectivity index (χ0) is 10.6. The maximum Gasteiger partial charge on any atom is 0.0565 e. The maximum absolute atomic E-state index is 4.07. The molecule has 0 saturated heterocycles. The van der Waals surface area contributed by atoms with E-state index in [2.05, 4.69) is 36.7 Å². The van der Waals surface area contributed by atoms with Crippen LogP contribution in [0.4, 0.5) is 0 Å². The van der Waals surface area contributed by atoms with Gasteiger partial charge in [-0.1, -0.05) is 24.3 Å². The topological polar surface area (TPSA) is 28.7 Å². The molecule has 0 saturated carbocycles. The molecule has 0 aliphatic carbocycles. The molecule has 2 heteroatoms. The Labute approximate surface area is 85.0 Å². The molecular weight excluding hydrogens is 172 g/mol. The first-order chi connectivity index (χ1) is 6.66. The summed E-state index contributed by atoms with van der Waals surface area (Å²) in [5.41, 5.74) is 4.49. The van der Waals surface area contributed by atoms with E-state index in [1.807, 2.05) is 19.2 Å². The van der Waals surface area contributed by atoms with Crippen LogP contribution in [0.25, 0.3) is 5.57 Å². The molecule has 1 aromatic rings. The van der Waals surface area contributed by atoms with Gasteiger partial charge in [0.25, 0.3) is 0 Å². The van der Waals surface area contributed by atoms with Crippen LogP contribution in [-0.2, 0) is 0 Å². The minimum atomic E-state index is 1.01. The summed E-state index contributed by atoms with van der Waals surface area (Å²) in [5.74, 6) is 0. The van der Waals surface area contributed by atoms with E-state index in [1.54, 1.807) is 6.20 Å². The first kappa shape index (κ1) is 10.5. The van der Waals surface area contributed by atoms with Crippen LogP contribution in [0, 0.1) is 0 Å². The highest BCUT2D eigenvalue weighted by atomic mass is 15.1. The standard InChI is InChI=1S/C12H16N2/c1-5-6-12(9(2)3)10(4)11-7-13-14-8-11/h5-8H,4H2,1-3H3,(H,13,14)/b6-5-. The Bertz CT molecular complexity index is 363. The third-order valence-corrected chi connectivity index (χ3v) is 2.04. The molecule has 74 valence electrons. The molecule has 0 fully saturated rings. The quantitative estimate of drug-likeness (QED) is 0.724. The second kappa shape index (κ2) is 4.61. The van der Waals surface area contributed by atoms with Gasteiger partial charge in [-0.15, -0.1) is 0 Å². The van der Waals surface area contributed by atoms with Crippen molar-refractivity contribution in [2.45, 2.75) is 20.8 Å². The average molecular weight is 188 g/mol. The SMILES string of the molecule is C=C(C(/C=C\C)=C(C)C)c1cn[nH]c1. The van der Waals surface area contributed by atoms with E-state index in [1.165, 1.54) is 11.1 Å². The highest BCUT2D eigenvalue weighted by Gasteiger charge is 2.04. The summed E-state index contributed by atoms with van der Waals surface area (Å²) in [6.45, 7) is 10.2. The van der Waals surface area contributed by atoms with E-state index < -0.39 is 0 Å². The van der Waals surface area contributed by atoms with E-state index in [-0.39, 0.29) is 0 Å². The predicted molar refractivity (Wildman–Crippen MR) is 60.8 cm³/mol. The molecule has 1 rings (SSSR count). The Morgan fingerprint density at radius 3 is 2.64 bits per heavy atom. The fourth-order valence-corrected chi connectivity index (χ4v) is 1.31. The van der Waals surface area contributed by atoms with Crippen LogP contribution in [0.1, 0.15) is 26.3 Å². The number of hydrogen-bond acceptors (Lipinski definition) is 1. The number of aromatic nitrogens is 2. The van der Waals surface area contributed by atoms with E-state index in [4.69, 9.17) is 0 Å². The summed E-state index contributed by atoms with van der Waals surface area (Å²) >= 11 is 0. The van der Waals surface area contributed by atoms with Crippen molar-refractivity contribution in [1.82, 2.24) is 10.2 Å². The van der Waals surface area contributed by atoms with Gasteiger partial charge in [-0.2, -0.15) is 5.10 Å². The average Bonchev–Trinajstić information content (AvgIpc) is 2.65. The molecule has 0 atom stereocenters. The summed E-state index contributed by atoms with van der Waals surface area (Å²) in [6, 6.07) is 0. The number of hydrogen-bond donors (Lipinski definition) is 1. The van der Waals surface area contributed by atoms with Crippen LogP contribution in [0.3, 0.4) is 0 Å². The number of allylic oxidation sites excluding steroid dienone is 5. The predicted octanol–water partition coefficient (Wildman–Crippen LogP) is 3.34. The normalized spacial score (nSPS) is 10.5. The fraction of sp³-hybridized carbons (Fsp3) is 0.250. The molecular formula is C12H16N2. The summed E-state index contributed by atoms with van der Waals surface area (Å²) < 4.78 is 0. The molecule has 0 bridgehead atoms. The second-order valence-electron chi connectivity index (χ2n) is 3.38. The lowest BCUT2D eigenvalue weighted by Crippen LogP contribution is -1.86. The van der Waals surface area contributed by atoms with Crippen molar-refractivity contribution in [2.24, 2.45) is 0 Å². The highest BCUT2D eigenvalue weighted by molar-refractivity contribution is 5.80. The van der Waals surface area contributed by atoms with Crippen LogP contribution >= 0.6 is 0 Å². The summed E-state index contributed by atoms with van der Waals surface area (Å²) in [4.78, 5) is 0. The third-order valence-electron chi connectivity index (χ3n) is 2.04. The Morgan fingerprint density at radius 1 is 1.50 bits per heavy atom. The molecule has 1 aromatic heterocycles. The van der Waals surface area contributed by atoms with Crippen molar-refractivity contribution in [1.29, 1.82) is 0 Å². The second-order valence-corrected chi connectivity index (χ2v) is 3.38. The molecule has 0 unspecified atom stereocenters. The lowest BCUT2D eigenvalue weighted by Gasteiger charge is -2.06. The van der Waals surface area contributed by atoms with E-state index in [9.17, 15) is 0 Å². The zero-order valence-corrected chi connectivity index (χ0v) is 8.96. The number of nitrogens with zero attached hydrogens (tertiary/aromatic N) is 1. The van der Waals surface area contributed by atoms with Crippen LogP contribution in [-0.4, -0.2) is 10.2 Å². The van der Waals surface area contributed by atoms with Gasteiger partial charge < -0.3 is 0 Å². The van der Waals surface area contributed by atoms with Crippen LogP contribution in [0.5, 0.6) is 0 Å². The van der Waals surface area contributed by atoms with Gasteiger partial charge in [0.2, 0.25) is 0 Å². The summed E-state index contributed by atoms with van der Waals surface area (Å²) in [6.07, 6.45) is 7.74. The molecule has 0 radical (unpaired) electrons. The first-order valence-electron chi connectivity index (χ1n) is 4.65. The number of rotatable bonds is 3. The third kappa shape index (κ3) is 2.22. The van der Waals surface area contributed by atoms with Crippen LogP contribution < -0.4 is 0 Å². The largest absolute Gasteiger partial charge is 0.285 e. The Balaban J connectivity index is 3.04. The molecule has 0 aromatic carbocycles. The minimum Gasteiger partial charge on any atom is -0.285 e. The van der Waals surface area contributed by atoms with E-state index >= 15 is 0 Å². The molecule has 14 heavy (non-hydrogen) atoms. The molecule has 0 amide bonds.